The minimum Gasteiger partial charge on any atom is -0.491 e. The Morgan fingerprint density at radius 3 is 2.47 bits per heavy atom. The molecule has 2 aliphatic rings. The highest BCUT2D eigenvalue weighted by Crippen LogP contribution is 2.40. The second kappa shape index (κ2) is 13.1. The molecular weight excluding hydrogens is 585 g/mol. The molecule has 2 unspecified atom stereocenters. The number of anilines is 2. The predicted molar refractivity (Wildman–Crippen MR) is 171 cm³/mol. The molecule has 43 heavy (non-hydrogen) atoms. The third-order valence-electron chi connectivity index (χ3n) is 8.10. The molecule has 0 amide bonds. The van der Waals surface area contributed by atoms with Gasteiger partial charge in [0.15, 0.2) is 0 Å². The minimum absolute atomic E-state index is 0.288. The van der Waals surface area contributed by atoms with Crippen molar-refractivity contribution in [2.24, 2.45) is 0 Å². The van der Waals surface area contributed by atoms with Gasteiger partial charge in [0.25, 0.3) is 0 Å². The molecule has 0 spiro atoms. The van der Waals surface area contributed by atoms with E-state index in [1.807, 2.05) is 18.2 Å². The van der Waals surface area contributed by atoms with Crippen LogP contribution in [0.2, 0.25) is 10.0 Å². The molecule has 2 aliphatic heterocycles. The van der Waals surface area contributed by atoms with Gasteiger partial charge in [-0.2, -0.15) is 5.10 Å². The number of rotatable bonds is 10. The fraction of sp³-hybridized carbons (Fsp3) is 0.394. The van der Waals surface area contributed by atoms with Crippen LogP contribution in [-0.4, -0.2) is 60.3 Å². The van der Waals surface area contributed by atoms with Crippen LogP contribution < -0.4 is 14.5 Å². The fourth-order valence-electron chi connectivity index (χ4n) is 5.95. The van der Waals surface area contributed by atoms with E-state index in [9.17, 15) is 0 Å². The highest BCUT2D eigenvalue weighted by Gasteiger charge is 2.45. The van der Waals surface area contributed by atoms with Crippen molar-refractivity contribution in [3.63, 3.8) is 0 Å². The van der Waals surface area contributed by atoms with E-state index in [1.165, 1.54) is 35.2 Å². The van der Waals surface area contributed by atoms with Gasteiger partial charge >= 0.3 is 0 Å². The summed E-state index contributed by atoms with van der Waals surface area (Å²) in [6.45, 7) is 9.37. The Hall–Kier alpha value is -3.30. The van der Waals surface area contributed by atoms with E-state index in [-0.39, 0.29) is 12.6 Å². The van der Waals surface area contributed by atoms with Crippen molar-refractivity contribution in [2.45, 2.75) is 45.1 Å². The monoisotopic (exact) mass is 621 g/mol. The summed E-state index contributed by atoms with van der Waals surface area (Å²) in [5, 5.41) is 5.24. The van der Waals surface area contributed by atoms with Gasteiger partial charge in [0, 0.05) is 48.1 Å². The van der Waals surface area contributed by atoms with E-state index in [2.05, 4.69) is 64.1 Å². The lowest BCUT2D eigenvalue weighted by atomic mass is 10.0. The number of halogens is 2. The molecule has 4 aromatic rings. The smallest absolute Gasteiger partial charge is 0.217 e. The van der Waals surface area contributed by atoms with Crippen LogP contribution in [0, 0.1) is 6.92 Å². The van der Waals surface area contributed by atoms with Crippen molar-refractivity contribution >= 4 is 34.6 Å². The van der Waals surface area contributed by atoms with Gasteiger partial charge in [0.05, 0.1) is 11.6 Å². The maximum Gasteiger partial charge on any atom is 0.217 e. The van der Waals surface area contributed by atoms with E-state index in [1.54, 1.807) is 23.1 Å². The molecule has 0 aliphatic carbocycles. The standard InChI is InChI=1S/C33H37Cl2N5O3/c1-3-4-25-5-12-32(24(2)17-25)39-15-13-38(14-16-39)27-7-9-28(10-8-27)41-19-29-20-42-33(43-29,21-40-23-36-22-37-40)30-11-6-26(34)18-31(30)35/h5-12,17-18,22-23,29H,3-4,13-16,19-21H2,1-2H3. The van der Waals surface area contributed by atoms with Gasteiger partial charge in [-0.1, -0.05) is 54.7 Å². The molecule has 0 bridgehead atoms. The maximum atomic E-state index is 6.57. The molecule has 0 saturated carbocycles. The highest BCUT2D eigenvalue weighted by atomic mass is 35.5. The molecule has 3 aromatic carbocycles. The van der Waals surface area contributed by atoms with Crippen molar-refractivity contribution in [1.82, 2.24) is 14.8 Å². The van der Waals surface area contributed by atoms with Crippen LogP contribution >= 0.6 is 23.2 Å². The topological polar surface area (TPSA) is 64.9 Å². The van der Waals surface area contributed by atoms with Crippen LogP contribution in [0.3, 0.4) is 0 Å². The van der Waals surface area contributed by atoms with Gasteiger partial charge < -0.3 is 24.0 Å². The number of aromatic nitrogens is 3. The van der Waals surface area contributed by atoms with Crippen LogP contribution in [0.5, 0.6) is 5.75 Å². The van der Waals surface area contributed by atoms with Crippen LogP contribution in [0.25, 0.3) is 0 Å². The van der Waals surface area contributed by atoms with Crippen molar-refractivity contribution in [1.29, 1.82) is 0 Å². The Kier molecular flexibility index (Phi) is 9.09. The first-order valence-corrected chi connectivity index (χ1v) is 15.6. The Bertz CT molecular complexity index is 1510. The zero-order chi connectivity index (χ0) is 29.8. The molecule has 226 valence electrons. The number of benzene rings is 3. The number of hydrogen-bond acceptors (Lipinski definition) is 7. The van der Waals surface area contributed by atoms with Gasteiger partial charge in [-0.25, -0.2) is 9.67 Å². The van der Waals surface area contributed by atoms with Crippen LogP contribution in [0.1, 0.15) is 30.0 Å². The summed E-state index contributed by atoms with van der Waals surface area (Å²) < 4.78 is 20.5. The van der Waals surface area contributed by atoms with Crippen molar-refractivity contribution in [3.05, 3.63) is 100 Å². The lowest BCUT2D eigenvalue weighted by molar-refractivity contribution is -0.190. The maximum absolute atomic E-state index is 6.57. The number of hydrogen-bond donors (Lipinski definition) is 0. The molecule has 8 nitrogen and oxygen atoms in total. The molecule has 0 N–H and O–H groups in total. The zero-order valence-corrected chi connectivity index (χ0v) is 26.1. The average molecular weight is 623 g/mol. The second-order valence-corrected chi connectivity index (χ2v) is 12.0. The second-order valence-electron chi connectivity index (χ2n) is 11.2. The SMILES string of the molecule is CCCc1ccc(N2CCN(c3ccc(OCC4COC(Cn5cncn5)(c5ccc(Cl)cc5Cl)O4)cc3)CC2)c(C)c1. The van der Waals surface area contributed by atoms with Crippen LogP contribution in [0.4, 0.5) is 11.4 Å². The first-order chi connectivity index (χ1) is 20.9. The van der Waals surface area contributed by atoms with Crippen LogP contribution in [0.15, 0.2) is 73.3 Å². The molecule has 10 heteroatoms. The van der Waals surface area contributed by atoms with Gasteiger partial charge in [-0.3, -0.25) is 0 Å². The number of nitrogens with zero attached hydrogens (tertiary/aromatic N) is 5. The Morgan fingerprint density at radius 1 is 0.977 bits per heavy atom. The minimum atomic E-state index is -1.13. The number of ether oxygens (including phenoxy) is 3. The van der Waals surface area contributed by atoms with Gasteiger partial charge in [0.2, 0.25) is 5.79 Å². The van der Waals surface area contributed by atoms with Crippen molar-refractivity contribution in [2.75, 3.05) is 49.2 Å². The van der Waals surface area contributed by atoms with Crippen molar-refractivity contribution < 1.29 is 14.2 Å². The normalized spacial score (nSPS) is 20.5. The van der Waals surface area contributed by atoms with Gasteiger partial charge in [-0.05, 0) is 66.9 Å². The summed E-state index contributed by atoms with van der Waals surface area (Å²) in [6, 6.07) is 20.5. The number of piperazine rings is 1. The molecule has 1 aromatic heterocycles. The Morgan fingerprint density at radius 2 is 1.77 bits per heavy atom. The van der Waals surface area contributed by atoms with E-state index in [4.69, 9.17) is 37.4 Å². The molecular formula is C33H37Cl2N5O3. The molecule has 0 radical (unpaired) electrons. The van der Waals surface area contributed by atoms with Crippen LogP contribution in [-0.2, 0) is 28.2 Å². The summed E-state index contributed by atoms with van der Waals surface area (Å²) in [4.78, 5) is 8.98. The quantitative estimate of drug-likeness (QED) is 0.200. The molecule has 3 heterocycles. The largest absolute Gasteiger partial charge is 0.491 e. The third-order valence-corrected chi connectivity index (χ3v) is 8.64. The van der Waals surface area contributed by atoms with E-state index < -0.39 is 5.79 Å². The van der Waals surface area contributed by atoms with Gasteiger partial charge in [0.1, 0.15) is 37.7 Å². The third kappa shape index (κ3) is 6.78. The van der Waals surface area contributed by atoms with E-state index >= 15 is 0 Å². The summed E-state index contributed by atoms with van der Waals surface area (Å²) in [5.41, 5.74) is 6.03. The molecule has 6 rings (SSSR count). The highest BCUT2D eigenvalue weighted by molar-refractivity contribution is 6.35. The summed E-state index contributed by atoms with van der Waals surface area (Å²) in [7, 11) is 0. The van der Waals surface area contributed by atoms with Gasteiger partial charge in [-0.15, -0.1) is 0 Å². The lowest BCUT2D eigenvalue weighted by Gasteiger charge is -2.38. The lowest BCUT2D eigenvalue weighted by Crippen LogP contribution is -2.46. The molecule has 2 fully saturated rings. The average Bonchev–Trinajstić information content (AvgIpc) is 3.67. The Balaban J connectivity index is 1.04. The first kappa shape index (κ1) is 29.8. The van der Waals surface area contributed by atoms with E-state index in [0.29, 0.717) is 28.8 Å². The molecule has 2 atom stereocenters. The summed E-state index contributed by atoms with van der Waals surface area (Å²) in [6.07, 6.45) is 5.11. The fourth-order valence-corrected chi connectivity index (χ4v) is 6.50. The van der Waals surface area contributed by atoms with Crippen molar-refractivity contribution in [3.8, 4) is 5.75 Å². The van der Waals surface area contributed by atoms with E-state index in [0.717, 1.165) is 38.3 Å². The summed E-state index contributed by atoms with van der Waals surface area (Å²) in [5.74, 6) is -0.349. The summed E-state index contributed by atoms with van der Waals surface area (Å²) >= 11 is 12.7. The first-order valence-electron chi connectivity index (χ1n) is 14.8. The zero-order valence-electron chi connectivity index (χ0n) is 24.6. The Labute approximate surface area is 263 Å². The number of aryl methyl sites for hydroxylation is 2. The predicted octanol–water partition coefficient (Wildman–Crippen LogP) is 6.52. The molecule has 2 saturated heterocycles.